The number of aryl methyl sites for hydroxylation is 1. The number of nitrogens with zero attached hydrogens (tertiary/aromatic N) is 1. The summed E-state index contributed by atoms with van der Waals surface area (Å²) in [4.78, 5) is 2.53. The van der Waals surface area contributed by atoms with Crippen molar-refractivity contribution in [3.63, 3.8) is 0 Å². The SMILES string of the molecule is CCC1COC(C)CN1c1ccc2c(c1)CCC(C)N2. The van der Waals surface area contributed by atoms with Gasteiger partial charge in [-0.15, -0.1) is 0 Å². The number of hydrogen-bond donors (Lipinski definition) is 1. The van der Waals surface area contributed by atoms with E-state index in [1.54, 1.807) is 0 Å². The molecule has 1 fully saturated rings. The van der Waals surface area contributed by atoms with Crippen LogP contribution in [0.15, 0.2) is 18.2 Å². The molecule has 3 rings (SSSR count). The first-order valence-electron chi connectivity index (χ1n) is 7.95. The first-order chi connectivity index (χ1) is 9.67. The van der Waals surface area contributed by atoms with Gasteiger partial charge in [-0.25, -0.2) is 0 Å². The van der Waals surface area contributed by atoms with E-state index in [1.807, 2.05) is 0 Å². The molecule has 1 aromatic carbocycles. The Hall–Kier alpha value is -1.22. The van der Waals surface area contributed by atoms with E-state index in [4.69, 9.17) is 4.74 Å². The maximum Gasteiger partial charge on any atom is 0.0723 e. The molecule has 3 unspecified atom stereocenters. The second-order valence-electron chi connectivity index (χ2n) is 6.28. The normalized spacial score (nSPS) is 29.8. The van der Waals surface area contributed by atoms with Crippen molar-refractivity contribution in [3.05, 3.63) is 23.8 Å². The van der Waals surface area contributed by atoms with Crippen LogP contribution in [0.3, 0.4) is 0 Å². The molecule has 2 aliphatic rings. The van der Waals surface area contributed by atoms with Gasteiger partial charge in [0.25, 0.3) is 0 Å². The van der Waals surface area contributed by atoms with Gasteiger partial charge in [-0.1, -0.05) is 6.92 Å². The lowest BCUT2D eigenvalue weighted by Gasteiger charge is -2.40. The van der Waals surface area contributed by atoms with Gasteiger partial charge in [0.2, 0.25) is 0 Å². The van der Waals surface area contributed by atoms with E-state index in [2.05, 4.69) is 49.2 Å². The molecule has 20 heavy (non-hydrogen) atoms. The fourth-order valence-corrected chi connectivity index (χ4v) is 3.31. The third kappa shape index (κ3) is 2.64. The molecule has 0 radical (unpaired) electrons. The third-order valence-corrected chi connectivity index (χ3v) is 4.61. The average Bonchev–Trinajstić information content (AvgIpc) is 2.46. The van der Waals surface area contributed by atoms with Gasteiger partial charge in [-0.2, -0.15) is 0 Å². The molecule has 0 bridgehead atoms. The van der Waals surface area contributed by atoms with E-state index in [-0.39, 0.29) is 0 Å². The van der Waals surface area contributed by atoms with Crippen LogP contribution < -0.4 is 10.2 Å². The molecule has 3 heteroatoms. The van der Waals surface area contributed by atoms with Gasteiger partial charge < -0.3 is 15.0 Å². The zero-order valence-electron chi connectivity index (χ0n) is 12.9. The number of ether oxygens (including phenoxy) is 1. The van der Waals surface area contributed by atoms with Crippen molar-refractivity contribution >= 4 is 11.4 Å². The Balaban J connectivity index is 1.85. The number of benzene rings is 1. The number of hydrogen-bond acceptors (Lipinski definition) is 3. The molecular weight excluding hydrogens is 248 g/mol. The van der Waals surface area contributed by atoms with Gasteiger partial charge >= 0.3 is 0 Å². The van der Waals surface area contributed by atoms with E-state index in [9.17, 15) is 0 Å². The summed E-state index contributed by atoms with van der Waals surface area (Å²) in [6.45, 7) is 8.53. The van der Waals surface area contributed by atoms with Crippen molar-refractivity contribution in [2.45, 2.75) is 58.2 Å². The first-order valence-corrected chi connectivity index (χ1v) is 7.95. The van der Waals surface area contributed by atoms with E-state index < -0.39 is 0 Å². The highest BCUT2D eigenvalue weighted by Crippen LogP contribution is 2.31. The summed E-state index contributed by atoms with van der Waals surface area (Å²) in [6.07, 6.45) is 3.88. The Morgan fingerprint density at radius 3 is 3.00 bits per heavy atom. The van der Waals surface area contributed by atoms with Crippen molar-refractivity contribution in [2.75, 3.05) is 23.4 Å². The predicted octanol–water partition coefficient (Wildman–Crippen LogP) is 3.44. The van der Waals surface area contributed by atoms with Gasteiger partial charge in [0.05, 0.1) is 18.8 Å². The molecule has 1 saturated heterocycles. The summed E-state index contributed by atoms with van der Waals surface area (Å²) >= 11 is 0. The Labute approximate surface area is 122 Å². The Bertz CT molecular complexity index is 474. The third-order valence-electron chi connectivity index (χ3n) is 4.61. The molecule has 0 aromatic heterocycles. The van der Waals surface area contributed by atoms with E-state index >= 15 is 0 Å². The van der Waals surface area contributed by atoms with Crippen LogP contribution >= 0.6 is 0 Å². The minimum atomic E-state index is 0.326. The molecule has 3 atom stereocenters. The highest BCUT2D eigenvalue weighted by molar-refractivity contribution is 5.62. The molecule has 0 amide bonds. The summed E-state index contributed by atoms with van der Waals surface area (Å²) < 4.78 is 5.81. The number of anilines is 2. The van der Waals surface area contributed by atoms with Crippen LogP contribution in [-0.2, 0) is 11.2 Å². The lowest BCUT2D eigenvalue weighted by Crippen LogP contribution is -2.48. The van der Waals surface area contributed by atoms with Gasteiger partial charge in [0.1, 0.15) is 0 Å². The van der Waals surface area contributed by atoms with E-state index in [0.29, 0.717) is 18.2 Å². The van der Waals surface area contributed by atoms with Crippen LogP contribution in [0.5, 0.6) is 0 Å². The van der Waals surface area contributed by atoms with Crippen molar-refractivity contribution in [1.29, 1.82) is 0 Å². The number of morpholine rings is 1. The lowest BCUT2D eigenvalue weighted by molar-refractivity contribution is 0.0299. The van der Waals surface area contributed by atoms with Crippen LogP contribution in [0.4, 0.5) is 11.4 Å². The summed E-state index contributed by atoms with van der Waals surface area (Å²) in [5.41, 5.74) is 4.15. The Morgan fingerprint density at radius 1 is 1.35 bits per heavy atom. The molecule has 0 aliphatic carbocycles. The molecular formula is C17H26N2O. The number of nitrogens with one attached hydrogen (secondary N) is 1. The van der Waals surface area contributed by atoms with Crippen LogP contribution in [-0.4, -0.2) is 31.3 Å². The topological polar surface area (TPSA) is 24.5 Å². The summed E-state index contributed by atoms with van der Waals surface area (Å²) in [5.74, 6) is 0. The molecule has 1 aromatic rings. The zero-order valence-corrected chi connectivity index (χ0v) is 12.9. The maximum atomic E-state index is 5.81. The van der Waals surface area contributed by atoms with E-state index in [1.165, 1.54) is 29.8 Å². The summed E-state index contributed by atoms with van der Waals surface area (Å²) in [6, 6.07) is 8.02. The fourth-order valence-electron chi connectivity index (χ4n) is 3.31. The van der Waals surface area contributed by atoms with Crippen molar-refractivity contribution in [2.24, 2.45) is 0 Å². The summed E-state index contributed by atoms with van der Waals surface area (Å²) in [7, 11) is 0. The lowest BCUT2D eigenvalue weighted by atomic mass is 9.97. The monoisotopic (exact) mass is 274 g/mol. The first kappa shape index (κ1) is 13.7. The fraction of sp³-hybridized carbons (Fsp3) is 0.647. The highest BCUT2D eigenvalue weighted by atomic mass is 16.5. The zero-order chi connectivity index (χ0) is 14.1. The van der Waals surface area contributed by atoms with Crippen molar-refractivity contribution in [3.8, 4) is 0 Å². The van der Waals surface area contributed by atoms with Crippen molar-refractivity contribution < 1.29 is 4.74 Å². The number of rotatable bonds is 2. The smallest absolute Gasteiger partial charge is 0.0723 e. The van der Waals surface area contributed by atoms with E-state index in [0.717, 1.165) is 19.6 Å². The molecule has 2 aliphatic heterocycles. The number of fused-ring (bicyclic) bond motifs is 1. The minimum absolute atomic E-state index is 0.326. The Morgan fingerprint density at radius 2 is 2.20 bits per heavy atom. The minimum Gasteiger partial charge on any atom is -0.382 e. The van der Waals surface area contributed by atoms with Crippen LogP contribution in [0.25, 0.3) is 0 Å². The largest absolute Gasteiger partial charge is 0.382 e. The average molecular weight is 274 g/mol. The second-order valence-corrected chi connectivity index (χ2v) is 6.28. The molecule has 0 spiro atoms. The van der Waals surface area contributed by atoms with Gasteiger partial charge in [0.15, 0.2) is 0 Å². The Kier molecular flexibility index (Phi) is 3.88. The standard InChI is InChI=1S/C17H26N2O/c1-4-15-11-20-13(3)10-19(15)16-7-8-17-14(9-16)6-5-12(2)18-17/h7-9,12-13,15,18H,4-6,10-11H2,1-3H3. The second kappa shape index (κ2) is 5.65. The van der Waals surface area contributed by atoms with Crippen LogP contribution in [0.1, 0.15) is 39.2 Å². The van der Waals surface area contributed by atoms with Crippen LogP contribution in [0, 0.1) is 0 Å². The molecule has 3 nitrogen and oxygen atoms in total. The predicted molar refractivity (Wildman–Crippen MR) is 84.7 cm³/mol. The maximum absolute atomic E-state index is 5.81. The van der Waals surface area contributed by atoms with Crippen LogP contribution in [0.2, 0.25) is 0 Å². The molecule has 0 saturated carbocycles. The van der Waals surface area contributed by atoms with Gasteiger partial charge in [-0.05, 0) is 56.9 Å². The molecule has 110 valence electrons. The summed E-state index contributed by atoms with van der Waals surface area (Å²) in [5, 5.41) is 3.58. The quantitative estimate of drug-likeness (QED) is 0.894. The van der Waals surface area contributed by atoms with Gasteiger partial charge in [-0.3, -0.25) is 0 Å². The molecule has 1 N–H and O–H groups in total. The highest BCUT2D eigenvalue weighted by Gasteiger charge is 2.26. The van der Waals surface area contributed by atoms with Crippen molar-refractivity contribution in [1.82, 2.24) is 0 Å². The van der Waals surface area contributed by atoms with Gasteiger partial charge in [0, 0.05) is 24.0 Å². The molecule has 2 heterocycles.